The van der Waals surface area contributed by atoms with E-state index in [1.807, 2.05) is 25.7 Å². The molecular formula is C15H25N3O3. The number of ether oxygens (including phenoxy) is 2. The number of carbonyl (C=O) groups excluding carboxylic acids is 1. The van der Waals surface area contributed by atoms with Crippen molar-refractivity contribution in [3.8, 4) is 0 Å². The largest absolute Gasteiger partial charge is 0.379 e. The van der Waals surface area contributed by atoms with E-state index in [0.717, 1.165) is 43.9 Å². The van der Waals surface area contributed by atoms with Crippen molar-refractivity contribution >= 4 is 5.91 Å². The summed E-state index contributed by atoms with van der Waals surface area (Å²) in [4.78, 5) is 14.4. The first-order chi connectivity index (χ1) is 10.1. The topological polar surface area (TPSA) is 67.5 Å². The fourth-order valence-electron chi connectivity index (χ4n) is 2.67. The Balaban J connectivity index is 1.80. The lowest BCUT2D eigenvalue weighted by atomic mass is 10.1. The number of likely N-dealkylation sites (tertiary alicyclic amines) is 1. The van der Waals surface area contributed by atoms with Crippen LogP contribution in [0.15, 0.2) is 0 Å². The van der Waals surface area contributed by atoms with Gasteiger partial charge in [0.15, 0.2) is 0 Å². The van der Waals surface area contributed by atoms with Crippen LogP contribution in [-0.2, 0) is 9.47 Å². The molecule has 0 radical (unpaired) electrons. The number of piperidine rings is 1. The van der Waals surface area contributed by atoms with E-state index in [0.29, 0.717) is 18.8 Å². The van der Waals surface area contributed by atoms with Crippen LogP contribution in [0.3, 0.4) is 0 Å². The Kier molecular flexibility index (Phi) is 5.76. The number of rotatable bonds is 6. The normalized spacial score (nSPS) is 16.4. The van der Waals surface area contributed by atoms with Crippen LogP contribution in [-0.4, -0.2) is 60.0 Å². The van der Waals surface area contributed by atoms with Crippen molar-refractivity contribution in [1.29, 1.82) is 0 Å². The van der Waals surface area contributed by atoms with E-state index in [4.69, 9.17) is 9.47 Å². The summed E-state index contributed by atoms with van der Waals surface area (Å²) in [6.07, 6.45) is 2.00. The second-order valence-corrected chi connectivity index (χ2v) is 5.37. The lowest BCUT2D eigenvalue weighted by molar-refractivity contribution is -0.0183. The first-order valence-electron chi connectivity index (χ1n) is 7.63. The smallest absolute Gasteiger partial charge is 0.257 e. The molecule has 1 saturated heterocycles. The Morgan fingerprint density at radius 3 is 2.62 bits per heavy atom. The molecule has 0 bridgehead atoms. The number of nitrogens with one attached hydrogen (secondary N) is 1. The van der Waals surface area contributed by atoms with Gasteiger partial charge < -0.3 is 14.4 Å². The van der Waals surface area contributed by atoms with Crippen LogP contribution in [0.5, 0.6) is 0 Å². The van der Waals surface area contributed by atoms with E-state index in [9.17, 15) is 4.79 Å². The van der Waals surface area contributed by atoms with Gasteiger partial charge in [0.1, 0.15) is 0 Å². The van der Waals surface area contributed by atoms with E-state index in [-0.39, 0.29) is 12.0 Å². The van der Waals surface area contributed by atoms with Crippen molar-refractivity contribution in [2.45, 2.75) is 39.7 Å². The molecule has 2 rings (SSSR count). The number of aryl methyl sites for hydroxylation is 2. The van der Waals surface area contributed by atoms with Gasteiger partial charge in [0.05, 0.1) is 30.6 Å². The predicted molar refractivity (Wildman–Crippen MR) is 79.4 cm³/mol. The standard InChI is InChI=1S/C15H25N3O3/c1-4-20-9-10-21-13-5-7-18(8-6-13)15(19)14-11(2)16-17-12(14)3/h13H,4-10H2,1-3H3,(H,16,17). The molecule has 1 fully saturated rings. The van der Waals surface area contributed by atoms with Gasteiger partial charge in [0.2, 0.25) is 0 Å². The lowest BCUT2D eigenvalue weighted by Crippen LogP contribution is -2.41. The Morgan fingerprint density at radius 1 is 1.33 bits per heavy atom. The van der Waals surface area contributed by atoms with Gasteiger partial charge in [0, 0.05) is 25.4 Å². The molecule has 1 aromatic rings. The molecule has 0 atom stereocenters. The Hall–Kier alpha value is -1.40. The number of hydrogen-bond donors (Lipinski definition) is 1. The van der Waals surface area contributed by atoms with Gasteiger partial charge in [-0.3, -0.25) is 9.89 Å². The SMILES string of the molecule is CCOCCOC1CCN(C(=O)c2c(C)n[nH]c2C)CC1. The maximum atomic E-state index is 12.5. The van der Waals surface area contributed by atoms with Gasteiger partial charge in [-0.2, -0.15) is 5.10 Å². The Morgan fingerprint density at radius 2 is 2.05 bits per heavy atom. The molecule has 118 valence electrons. The summed E-state index contributed by atoms with van der Waals surface area (Å²) in [6.45, 7) is 9.20. The van der Waals surface area contributed by atoms with Crippen molar-refractivity contribution in [2.24, 2.45) is 0 Å². The molecule has 0 saturated carbocycles. The van der Waals surface area contributed by atoms with E-state index in [1.165, 1.54) is 0 Å². The van der Waals surface area contributed by atoms with Crippen molar-refractivity contribution in [1.82, 2.24) is 15.1 Å². The molecule has 2 heterocycles. The van der Waals surface area contributed by atoms with Crippen molar-refractivity contribution < 1.29 is 14.3 Å². The monoisotopic (exact) mass is 295 g/mol. The summed E-state index contributed by atoms with van der Waals surface area (Å²) in [5, 5.41) is 6.96. The summed E-state index contributed by atoms with van der Waals surface area (Å²) in [7, 11) is 0. The van der Waals surface area contributed by atoms with E-state index < -0.39 is 0 Å². The first-order valence-corrected chi connectivity index (χ1v) is 7.63. The minimum absolute atomic E-state index is 0.0755. The molecule has 1 aromatic heterocycles. The number of aromatic nitrogens is 2. The molecule has 0 aliphatic carbocycles. The number of aromatic amines is 1. The average molecular weight is 295 g/mol. The maximum Gasteiger partial charge on any atom is 0.257 e. The molecule has 6 heteroatoms. The summed E-state index contributed by atoms with van der Waals surface area (Å²) < 4.78 is 11.0. The van der Waals surface area contributed by atoms with E-state index in [2.05, 4.69) is 10.2 Å². The van der Waals surface area contributed by atoms with Crippen molar-refractivity contribution in [3.05, 3.63) is 17.0 Å². The Labute approximate surface area is 125 Å². The number of carbonyl (C=O) groups is 1. The second-order valence-electron chi connectivity index (χ2n) is 5.37. The van der Waals surface area contributed by atoms with Gasteiger partial charge >= 0.3 is 0 Å². The highest BCUT2D eigenvalue weighted by molar-refractivity contribution is 5.96. The predicted octanol–water partition coefficient (Wildman–Crippen LogP) is 1.68. The summed E-state index contributed by atoms with van der Waals surface area (Å²) in [6, 6.07) is 0. The zero-order valence-corrected chi connectivity index (χ0v) is 13.1. The highest BCUT2D eigenvalue weighted by Crippen LogP contribution is 2.19. The van der Waals surface area contributed by atoms with Gasteiger partial charge in [-0.05, 0) is 33.6 Å². The summed E-state index contributed by atoms with van der Waals surface area (Å²) in [5.41, 5.74) is 2.32. The number of hydrogen-bond acceptors (Lipinski definition) is 4. The van der Waals surface area contributed by atoms with E-state index in [1.54, 1.807) is 0 Å². The Bertz CT molecular complexity index is 445. The van der Waals surface area contributed by atoms with Crippen LogP contribution in [0.25, 0.3) is 0 Å². The first kappa shape index (κ1) is 16.0. The second kappa shape index (κ2) is 7.56. The minimum Gasteiger partial charge on any atom is -0.379 e. The number of amides is 1. The highest BCUT2D eigenvalue weighted by Gasteiger charge is 2.26. The average Bonchev–Trinajstić information content (AvgIpc) is 2.83. The zero-order chi connectivity index (χ0) is 15.2. The third-order valence-corrected chi connectivity index (χ3v) is 3.86. The molecule has 0 aromatic carbocycles. The van der Waals surface area contributed by atoms with Crippen LogP contribution in [0.1, 0.15) is 41.5 Å². The van der Waals surface area contributed by atoms with Crippen LogP contribution < -0.4 is 0 Å². The molecule has 1 aliphatic rings. The summed E-state index contributed by atoms with van der Waals surface area (Å²) in [5.74, 6) is 0.0755. The number of nitrogens with zero attached hydrogens (tertiary/aromatic N) is 2. The third kappa shape index (κ3) is 4.04. The highest BCUT2D eigenvalue weighted by atomic mass is 16.5. The third-order valence-electron chi connectivity index (χ3n) is 3.86. The van der Waals surface area contributed by atoms with Crippen molar-refractivity contribution in [3.63, 3.8) is 0 Å². The fraction of sp³-hybridized carbons (Fsp3) is 0.733. The minimum atomic E-state index is 0.0755. The molecule has 0 unspecified atom stereocenters. The zero-order valence-electron chi connectivity index (χ0n) is 13.1. The molecule has 6 nitrogen and oxygen atoms in total. The molecule has 21 heavy (non-hydrogen) atoms. The quantitative estimate of drug-likeness (QED) is 0.811. The fourth-order valence-corrected chi connectivity index (χ4v) is 2.67. The maximum absolute atomic E-state index is 12.5. The molecule has 1 aliphatic heterocycles. The van der Waals surface area contributed by atoms with Crippen molar-refractivity contribution in [2.75, 3.05) is 32.9 Å². The van der Waals surface area contributed by atoms with Crippen LogP contribution >= 0.6 is 0 Å². The lowest BCUT2D eigenvalue weighted by Gasteiger charge is -2.32. The van der Waals surface area contributed by atoms with E-state index >= 15 is 0 Å². The van der Waals surface area contributed by atoms with Gasteiger partial charge in [-0.15, -0.1) is 0 Å². The molecule has 1 amide bonds. The van der Waals surface area contributed by atoms with Gasteiger partial charge in [0.25, 0.3) is 5.91 Å². The van der Waals surface area contributed by atoms with Crippen LogP contribution in [0, 0.1) is 13.8 Å². The molecule has 0 spiro atoms. The summed E-state index contributed by atoms with van der Waals surface area (Å²) >= 11 is 0. The van der Waals surface area contributed by atoms with Gasteiger partial charge in [-0.25, -0.2) is 0 Å². The molecule has 1 N–H and O–H groups in total. The van der Waals surface area contributed by atoms with Gasteiger partial charge in [-0.1, -0.05) is 0 Å². The number of H-pyrrole nitrogens is 1. The molecular weight excluding hydrogens is 270 g/mol. The van der Waals surface area contributed by atoms with Crippen LogP contribution in [0.2, 0.25) is 0 Å². The van der Waals surface area contributed by atoms with Crippen LogP contribution in [0.4, 0.5) is 0 Å².